The average molecular weight is 219 g/mol. The molecular weight excluding hydrogens is 202 g/mol. The van der Waals surface area contributed by atoms with Gasteiger partial charge < -0.3 is 9.84 Å². The molecule has 16 heavy (non-hydrogen) atoms. The Labute approximate surface area is 95.8 Å². The minimum Gasteiger partial charge on any atom is -0.495 e. The second kappa shape index (κ2) is 4.66. The Bertz CT molecular complexity index is 412. The van der Waals surface area contributed by atoms with E-state index in [-0.39, 0.29) is 0 Å². The summed E-state index contributed by atoms with van der Waals surface area (Å²) in [5, 5.41) is 10.2. The first-order valence-corrected chi connectivity index (χ1v) is 5.62. The predicted octanol–water partition coefficient (Wildman–Crippen LogP) is 2.43. The minimum absolute atomic E-state index is 0.644. The summed E-state index contributed by atoms with van der Waals surface area (Å²) in [5.41, 5.74) is 2.80. The van der Waals surface area contributed by atoms with Crippen LogP contribution >= 0.6 is 0 Å². The third-order valence-corrected chi connectivity index (χ3v) is 2.75. The van der Waals surface area contributed by atoms with Gasteiger partial charge in [-0.2, -0.15) is 0 Å². The Balaban J connectivity index is 2.26. The standard InChI is InChI=1S/C13H17NO2/c1-9-7-10(2)12(14-8-9)13(15)11-5-3-4-6-16-11/h5,7-8,13,15H,3-4,6H2,1-2H3. The lowest BCUT2D eigenvalue weighted by Gasteiger charge is -2.20. The topological polar surface area (TPSA) is 42.4 Å². The van der Waals surface area contributed by atoms with E-state index in [1.807, 2.05) is 26.0 Å². The molecule has 0 spiro atoms. The van der Waals surface area contributed by atoms with E-state index in [0.29, 0.717) is 18.1 Å². The summed E-state index contributed by atoms with van der Waals surface area (Å²) in [5.74, 6) is 0.644. The Morgan fingerprint density at radius 2 is 2.25 bits per heavy atom. The molecule has 1 aromatic rings. The van der Waals surface area contributed by atoms with Crippen molar-refractivity contribution < 1.29 is 9.84 Å². The Morgan fingerprint density at radius 1 is 1.44 bits per heavy atom. The fraction of sp³-hybridized carbons (Fsp3) is 0.462. The molecule has 1 unspecified atom stereocenters. The highest BCUT2D eigenvalue weighted by atomic mass is 16.5. The first kappa shape index (κ1) is 11.1. The lowest BCUT2D eigenvalue weighted by atomic mass is 10.1. The Morgan fingerprint density at radius 3 is 2.88 bits per heavy atom. The molecule has 1 atom stereocenters. The number of ether oxygens (including phenoxy) is 1. The Kier molecular flexibility index (Phi) is 3.25. The summed E-state index contributed by atoms with van der Waals surface area (Å²) < 4.78 is 5.45. The van der Waals surface area contributed by atoms with Gasteiger partial charge in [-0.05, 0) is 43.9 Å². The van der Waals surface area contributed by atoms with Crippen molar-refractivity contribution in [2.24, 2.45) is 0 Å². The highest BCUT2D eigenvalue weighted by Crippen LogP contribution is 2.26. The number of allylic oxidation sites excluding steroid dienone is 1. The van der Waals surface area contributed by atoms with Crippen molar-refractivity contribution in [3.63, 3.8) is 0 Å². The molecule has 0 aromatic carbocycles. The molecule has 86 valence electrons. The number of aromatic nitrogens is 1. The second-order valence-corrected chi connectivity index (χ2v) is 4.21. The molecule has 1 aliphatic heterocycles. The smallest absolute Gasteiger partial charge is 0.153 e. The summed E-state index contributed by atoms with van der Waals surface area (Å²) in [4.78, 5) is 4.28. The molecule has 0 radical (unpaired) electrons. The molecule has 2 rings (SSSR count). The maximum atomic E-state index is 10.2. The van der Waals surface area contributed by atoms with Crippen LogP contribution in [0.5, 0.6) is 0 Å². The van der Waals surface area contributed by atoms with Crippen LogP contribution in [0.1, 0.15) is 35.8 Å². The van der Waals surface area contributed by atoms with Crippen LogP contribution in [0.3, 0.4) is 0 Å². The molecule has 0 aliphatic carbocycles. The number of aliphatic hydroxyl groups excluding tert-OH is 1. The second-order valence-electron chi connectivity index (χ2n) is 4.21. The summed E-state index contributed by atoms with van der Waals surface area (Å²) in [6.07, 6.45) is 5.00. The molecule has 1 aromatic heterocycles. The molecule has 0 bridgehead atoms. The van der Waals surface area contributed by atoms with Crippen LogP contribution in [0.25, 0.3) is 0 Å². The van der Waals surface area contributed by atoms with Crippen LogP contribution in [0.15, 0.2) is 24.1 Å². The summed E-state index contributed by atoms with van der Waals surface area (Å²) in [6, 6.07) is 2.02. The number of nitrogens with zero attached hydrogens (tertiary/aromatic N) is 1. The number of aliphatic hydroxyl groups is 1. The number of rotatable bonds is 2. The zero-order valence-electron chi connectivity index (χ0n) is 9.73. The van der Waals surface area contributed by atoms with Crippen molar-refractivity contribution in [3.05, 3.63) is 40.9 Å². The molecule has 1 aliphatic rings. The van der Waals surface area contributed by atoms with E-state index in [2.05, 4.69) is 4.98 Å². The van der Waals surface area contributed by atoms with E-state index in [4.69, 9.17) is 4.74 Å². The van der Waals surface area contributed by atoms with Gasteiger partial charge in [-0.25, -0.2) is 0 Å². The average Bonchev–Trinajstić information content (AvgIpc) is 2.29. The van der Waals surface area contributed by atoms with E-state index in [1.165, 1.54) is 0 Å². The van der Waals surface area contributed by atoms with Crippen molar-refractivity contribution in [3.8, 4) is 0 Å². The first-order chi connectivity index (χ1) is 7.68. The van der Waals surface area contributed by atoms with Gasteiger partial charge in [0.25, 0.3) is 0 Å². The lowest BCUT2D eigenvalue weighted by Crippen LogP contribution is -2.12. The van der Waals surface area contributed by atoms with Crippen LogP contribution < -0.4 is 0 Å². The van der Waals surface area contributed by atoms with Crippen LogP contribution in [0.2, 0.25) is 0 Å². The Hall–Kier alpha value is -1.35. The van der Waals surface area contributed by atoms with Gasteiger partial charge in [0, 0.05) is 6.20 Å². The van der Waals surface area contributed by atoms with Gasteiger partial charge in [-0.15, -0.1) is 0 Å². The molecule has 3 heteroatoms. The first-order valence-electron chi connectivity index (χ1n) is 5.62. The molecule has 0 saturated heterocycles. The molecule has 3 nitrogen and oxygen atoms in total. The fourth-order valence-electron chi connectivity index (χ4n) is 1.91. The number of pyridine rings is 1. The van der Waals surface area contributed by atoms with Crippen molar-refractivity contribution >= 4 is 0 Å². The van der Waals surface area contributed by atoms with Gasteiger partial charge >= 0.3 is 0 Å². The van der Waals surface area contributed by atoms with Crippen LogP contribution in [0.4, 0.5) is 0 Å². The van der Waals surface area contributed by atoms with Crippen molar-refractivity contribution in [1.29, 1.82) is 0 Å². The molecule has 2 heterocycles. The fourth-order valence-corrected chi connectivity index (χ4v) is 1.91. The zero-order chi connectivity index (χ0) is 11.5. The highest BCUT2D eigenvalue weighted by Gasteiger charge is 2.19. The molecule has 0 amide bonds. The summed E-state index contributed by atoms with van der Waals surface area (Å²) >= 11 is 0. The SMILES string of the molecule is Cc1cnc(C(O)C2=CCCCO2)c(C)c1. The van der Waals surface area contributed by atoms with Gasteiger partial charge in [0.15, 0.2) is 6.10 Å². The van der Waals surface area contributed by atoms with Crippen molar-refractivity contribution in [1.82, 2.24) is 4.98 Å². The monoisotopic (exact) mass is 219 g/mol. The number of hydrogen-bond donors (Lipinski definition) is 1. The van der Waals surface area contributed by atoms with Crippen LogP contribution in [-0.4, -0.2) is 16.7 Å². The van der Waals surface area contributed by atoms with Crippen molar-refractivity contribution in [2.75, 3.05) is 6.61 Å². The number of aryl methyl sites for hydroxylation is 2. The normalized spacial score (nSPS) is 17.6. The molecular formula is C13H17NO2. The van der Waals surface area contributed by atoms with E-state index in [0.717, 1.165) is 24.0 Å². The predicted molar refractivity (Wildman–Crippen MR) is 61.9 cm³/mol. The number of hydrogen-bond acceptors (Lipinski definition) is 3. The maximum Gasteiger partial charge on any atom is 0.153 e. The largest absolute Gasteiger partial charge is 0.495 e. The van der Waals surface area contributed by atoms with Gasteiger partial charge in [0.05, 0.1) is 12.3 Å². The van der Waals surface area contributed by atoms with Gasteiger partial charge in [0.1, 0.15) is 5.76 Å². The quantitative estimate of drug-likeness (QED) is 0.830. The van der Waals surface area contributed by atoms with Crippen LogP contribution in [0, 0.1) is 13.8 Å². The molecule has 0 fully saturated rings. The lowest BCUT2D eigenvalue weighted by molar-refractivity contribution is 0.0890. The van der Waals surface area contributed by atoms with Crippen molar-refractivity contribution in [2.45, 2.75) is 32.8 Å². The van der Waals surface area contributed by atoms with Gasteiger partial charge in [-0.1, -0.05) is 6.07 Å². The van der Waals surface area contributed by atoms with E-state index >= 15 is 0 Å². The van der Waals surface area contributed by atoms with E-state index in [1.54, 1.807) is 6.20 Å². The third-order valence-electron chi connectivity index (χ3n) is 2.75. The molecule has 0 saturated carbocycles. The van der Waals surface area contributed by atoms with Gasteiger partial charge in [-0.3, -0.25) is 4.98 Å². The minimum atomic E-state index is -0.721. The third kappa shape index (κ3) is 2.25. The maximum absolute atomic E-state index is 10.2. The zero-order valence-corrected chi connectivity index (χ0v) is 9.73. The van der Waals surface area contributed by atoms with Crippen LogP contribution in [-0.2, 0) is 4.74 Å². The van der Waals surface area contributed by atoms with E-state index in [9.17, 15) is 5.11 Å². The summed E-state index contributed by atoms with van der Waals surface area (Å²) in [6.45, 7) is 4.64. The molecule has 1 N–H and O–H groups in total. The van der Waals surface area contributed by atoms with E-state index < -0.39 is 6.10 Å². The highest BCUT2D eigenvalue weighted by molar-refractivity contribution is 5.28. The summed E-state index contributed by atoms with van der Waals surface area (Å²) in [7, 11) is 0. The van der Waals surface area contributed by atoms with Gasteiger partial charge in [0.2, 0.25) is 0 Å².